The van der Waals surface area contributed by atoms with E-state index in [1.54, 1.807) is 31.3 Å². The molecule has 0 bridgehead atoms. The van der Waals surface area contributed by atoms with E-state index in [2.05, 4.69) is 5.32 Å². The van der Waals surface area contributed by atoms with E-state index in [1.807, 2.05) is 0 Å². The number of rotatable bonds is 4. The number of nitrogens with one attached hydrogen (secondary N) is 1. The van der Waals surface area contributed by atoms with Crippen LogP contribution in [-0.4, -0.2) is 7.05 Å². The molecule has 0 radical (unpaired) electrons. The number of halogens is 4. The lowest BCUT2D eigenvalue weighted by Crippen LogP contribution is -2.20. The van der Waals surface area contributed by atoms with Crippen molar-refractivity contribution in [1.82, 2.24) is 5.32 Å². The van der Waals surface area contributed by atoms with Gasteiger partial charge in [-0.15, -0.1) is 0 Å². The molecule has 0 saturated heterocycles. The van der Waals surface area contributed by atoms with Crippen LogP contribution in [0.4, 0.5) is 4.39 Å². The maximum absolute atomic E-state index is 13.9. The fourth-order valence-corrected chi connectivity index (χ4v) is 2.81. The fraction of sp³-hybridized carbons (Fsp3) is 0.200. The van der Waals surface area contributed by atoms with Gasteiger partial charge in [0.25, 0.3) is 0 Å². The first-order valence-electron chi connectivity index (χ1n) is 6.08. The SMILES string of the molecule is CNC(Cc1c(Cl)cccc1Cl)c1cc(Cl)ccc1F. The standard InChI is InChI=1S/C15H13Cl3FN/c1-20-15(11-7-9(16)5-6-14(11)19)8-10-12(17)3-2-4-13(10)18/h2-7,15,20H,8H2,1H3. The topological polar surface area (TPSA) is 12.0 Å². The molecule has 0 aliphatic rings. The average molecular weight is 333 g/mol. The highest BCUT2D eigenvalue weighted by atomic mass is 35.5. The van der Waals surface area contributed by atoms with Crippen molar-refractivity contribution in [3.63, 3.8) is 0 Å². The molecule has 0 amide bonds. The zero-order chi connectivity index (χ0) is 14.7. The lowest BCUT2D eigenvalue weighted by atomic mass is 9.98. The Balaban J connectivity index is 2.36. The molecule has 20 heavy (non-hydrogen) atoms. The van der Waals surface area contributed by atoms with Crippen LogP contribution in [-0.2, 0) is 6.42 Å². The van der Waals surface area contributed by atoms with E-state index in [-0.39, 0.29) is 11.9 Å². The maximum atomic E-state index is 13.9. The zero-order valence-electron chi connectivity index (χ0n) is 10.8. The van der Waals surface area contributed by atoms with Crippen LogP contribution < -0.4 is 5.32 Å². The number of benzene rings is 2. The van der Waals surface area contributed by atoms with Gasteiger partial charge < -0.3 is 5.32 Å². The Hall–Kier alpha value is -0.800. The second kappa shape index (κ2) is 6.77. The molecule has 2 aromatic carbocycles. The normalized spacial score (nSPS) is 12.4. The number of likely N-dealkylation sites (N-methyl/N-ethyl adjacent to an activating group) is 1. The molecule has 0 fully saturated rings. The third-order valence-electron chi connectivity index (χ3n) is 3.15. The smallest absolute Gasteiger partial charge is 0.128 e. The van der Waals surface area contributed by atoms with E-state index >= 15 is 0 Å². The van der Waals surface area contributed by atoms with E-state index in [0.29, 0.717) is 27.1 Å². The van der Waals surface area contributed by atoms with E-state index in [4.69, 9.17) is 34.8 Å². The molecule has 5 heteroatoms. The summed E-state index contributed by atoms with van der Waals surface area (Å²) in [6.07, 6.45) is 0.478. The largest absolute Gasteiger partial charge is 0.313 e. The van der Waals surface area contributed by atoms with Crippen molar-refractivity contribution in [2.75, 3.05) is 7.05 Å². The van der Waals surface area contributed by atoms with Gasteiger partial charge in [-0.25, -0.2) is 4.39 Å². The first kappa shape index (κ1) is 15.6. The van der Waals surface area contributed by atoms with Crippen LogP contribution in [0.25, 0.3) is 0 Å². The van der Waals surface area contributed by atoms with E-state index in [0.717, 1.165) is 5.56 Å². The van der Waals surface area contributed by atoms with Crippen LogP contribution in [0.5, 0.6) is 0 Å². The molecule has 0 heterocycles. The van der Waals surface area contributed by atoms with Crippen molar-refractivity contribution < 1.29 is 4.39 Å². The average Bonchev–Trinajstić information content (AvgIpc) is 2.42. The minimum Gasteiger partial charge on any atom is -0.313 e. The predicted octanol–water partition coefficient (Wildman–Crippen LogP) is 5.29. The summed E-state index contributed by atoms with van der Waals surface area (Å²) in [6.45, 7) is 0. The van der Waals surface area contributed by atoms with Crippen molar-refractivity contribution in [3.8, 4) is 0 Å². The third-order valence-corrected chi connectivity index (χ3v) is 4.10. The molecule has 0 spiro atoms. The molecule has 1 unspecified atom stereocenters. The van der Waals surface area contributed by atoms with Gasteiger partial charge in [-0.3, -0.25) is 0 Å². The molecule has 1 nitrogen and oxygen atoms in total. The monoisotopic (exact) mass is 331 g/mol. The molecule has 1 N–H and O–H groups in total. The van der Waals surface area contributed by atoms with E-state index in [1.165, 1.54) is 12.1 Å². The van der Waals surface area contributed by atoms with Gasteiger partial charge in [-0.2, -0.15) is 0 Å². The molecular weight excluding hydrogens is 320 g/mol. The summed E-state index contributed by atoms with van der Waals surface area (Å²) >= 11 is 18.3. The predicted molar refractivity (Wildman–Crippen MR) is 83.4 cm³/mol. The minimum atomic E-state index is -0.308. The molecule has 2 rings (SSSR count). The summed E-state index contributed by atoms with van der Waals surface area (Å²) in [5.74, 6) is -0.308. The van der Waals surface area contributed by atoms with Crippen LogP contribution in [0, 0.1) is 5.82 Å². The summed E-state index contributed by atoms with van der Waals surface area (Å²) < 4.78 is 13.9. The van der Waals surface area contributed by atoms with Crippen LogP contribution in [0.1, 0.15) is 17.2 Å². The van der Waals surface area contributed by atoms with Gasteiger partial charge in [-0.05, 0) is 49.4 Å². The summed E-state index contributed by atoms with van der Waals surface area (Å²) in [5.41, 5.74) is 1.28. The molecule has 1 atom stereocenters. The van der Waals surface area contributed by atoms with Crippen LogP contribution in [0.15, 0.2) is 36.4 Å². The van der Waals surface area contributed by atoms with Crippen molar-refractivity contribution in [1.29, 1.82) is 0 Å². The Morgan fingerprint density at radius 2 is 1.75 bits per heavy atom. The Morgan fingerprint density at radius 3 is 2.35 bits per heavy atom. The fourth-order valence-electron chi connectivity index (χ4n) is 2.08. The highest BCUT2D eigenvalue weighted by Gasteiger charge is 2.18. The Morgan fingerprint density at radius 1 is 1.10 bits per heavy atom. The first-order chi connectivity index (χ1) is 9.52. The molecular formula is C15H13Cl3FN. The van der Waals surface area contributed by atoms with Gasteiger partial charge >= 0.3 is 0 Å². The van der Waals surface area contributed by atoms with Gasteiger partial charge in [0.1, 0.15) is 5.82 Å². The lowest BCUT2D eigenvalue weighted by Gasteiger charge is -2.19. The number of hydrogen-bond donors (Lipinski definition) is 1. The first-order valence-corrected chi connectivity index (χ1v) is 7.21. The molecule has 0 saturated carbocycles. The summed E-state index contributed by atoms with van der Waals surface area (Å²) in [4.78, 5) is 0. The van der Waals surface area contributed by atoms with Gasteiger partial charge in [-0.1, -0.05) is 40.9 Å². The molecule has 0 aliphatic heterocycles. The molecule has 2 aromatic rings. The van der Waals surface area contributed by atoms with Crippen molar-refractivity contribution in [3.05, 3.63) is 68.4 Å². The summed E-state index contributed by atoms with van der Waals surface area (Å²) in [6, 6.07) is 9.55. The second-order valence-electron chi connectivity index (χ2n) is 4.41. The van der Waals surface area contributed by atoms with E-state index in [9.17, 15) is 4.39 Å². The van der Waals surface area contributed by atoms with Crippen LogP contribution >= 0.6 is 34.8 Å². The Bertz CT molecular complexity index is 596. The highest BCUT2D eigenvalue weighted by Crippen LogP contribution is 2.30. The third kappa shape index (κ3) is 3.44. The lowest BCUT2D eigenvalue weighted by molar-refractivity contribution is 0.534. The Labute approximate surface area is 132 Å². The van der Waals surface area contributed by atoms with Gasteiger partial charge in [0.2, 0.25) is 0 Å². The second-order valence-corrected chi connectivity index (χ2v) is 5.66. The molecule has 0 aromatic heterocycles. The molecule has 106 valence electrons. The number of hydrogen-bond acceptors (Lipinski definition) is 1. The molecule has 0 aliphatic carbocycles. The zero-order valence-corrected chi connectivity index (χ0v) is 13.0. The van der Waals surface area contributed by atoms with Crippen molar-refractivity contribution >= 4 is 34.8 Å². The van der Waals surface area contributed by atoms with Crippen LogP contribution in [0.2, 0.25) is 15.1 Å². The Kier molecular flexibility index (Phi) is 5.28. The summed E-state index contributed by atoms with van der Waals surface area (Å²) in [5, 5.41) is 4.71. The van der Waals surface area contributed by atoms with Crippen molar-refractivity contribution in [2.45, 2.75) is 12.5 Å². The summed E-state index contributed by atoms with van der Waals surface area (Å²) in [7, 11) is 1.76. The minimum absolute atomic E-state index is 0.258. The van der Waals surface area contributed by atoms with Crippen LogP contribution in [0.3, 0.4) is 0 Å². The van der Waals surface area contributed by atoms with Gasteiger partial charge in [0.05, 0.1) is 0 Å². The van der Waals surface area contributed by atoms with Gasteiger partial charge in [0, 0.05) is 26.7 Å². The highest BCUT2D eigenvalue weighted by molar-refractivity contribution is 6.36. The van der Waals surface area contributed by atoms with Gasteiger partial charge in [0.15, 0.2) is 0 Å². The van der Waals surface area contributed by atoms with Crippen molar-refractivity contribution in [2.24, 2.45) is 0 Å². The maximum Gasteiger partial charge on any atom is 0.128 e. The van der Waals surface area contributed by atoms with E-state index < -0.39 is 0 Å². The quantitative estimate of drug-likeness (QED) is 0.802.